The number of aryl methyl sites for hydroxylation is 1. The summed E-state index contributed by atoms with van der Waals surface area (Å²) in [5, 5.41) is 6.80. The van der Waals surface area contributed by atoms with Crippen LogP contribution in [0.15, 0.2) is 18.3 Å². The standard InChI is InChI=1S/C12H17N3OS/c1-9-4-5-13-11(7-9)15-12(17)14-8-10-3-2-6-16-10/h4-5,7,10H,2-3,6,8H2,1H3,(H2,13,14,15,17)/t10-/m1/s1. The van der Waals surface area contributed by atoms with Crippen molar-refractivity contribution < 1.29 is 4.74 Å². The molecule has 5 heteroatoms. The molecule has 1 aromatic rings. The summed E-state index contributed by atoms with van der Waals surface area (Å²) in [5.74, 6) is 0.773. The lowest BCUT2D eigenvalue weighted by molar-refractivity contribution is 0.114. The van der Waals surface area contributed by atoms with Crippen LogP contribution in [0.4, 0.5) is 5.82 Å². The number of aromatic nitrogens is 1. The first kappa shape index (κ1) is 12.3. The molecule has 1 fully saturated rings. The maximum atomic E-state index is 5.51. The summed E-state index contributed by atoms with van der Waals surface area (Å²) in [7, 11) is 0. The third-order valence-electron chi connectivity index (χ3n) is 2.67. The fourth-order valence-corrected chi connectivity index (χ4v) is 1.96. The van der Waals surface area contributed by atoms with E-state index in [-0.39, 0.29) is 0 Å². The number of pyridine rings is 1. The van der Waals surface area contributed by atoms with Crippen LogP contribution >= 0.6 is 12.2 Å². The van der Waals surface area contributed by atoms with Gasteiger partial charge in [-0.1, -0.05) is 0 Å². The van der Waals surface area contributed by atoms with Gasteiger partial charge in [0.1, 0.15) is 5.82 Å². The van der Waals surface area contributed by atoms with Crippen LogP contribution in [0.25, 0.3) is 0 Å². The molecule has 1 atom stereocenters. The molecule has 92 valence electrons. The molecule has 0 unspecified atom stereocenters. The van der Waals surface area contributed by atoms with Crippen molar-refractivity contribution in [2.75, 3.05) is 18.5 Å². The molecule has 17 heavy (non-hydrogen) atoms. The van der Waals surface area contributed by atoms with Crippen molar-refractivity contribution in [3.05, 3.63) is 23.9 Å². The van der Waals surface area contributed by atoms with Crippen LogP contribution in [-0.2, 0) is 4.74 Å². The highest BCUT2D eigenvalue weighted by Crippen LogP contribution is 2.10. The lowest BCUT2D eigenvalue weighted by Crippen LogP contribution is -2.35. The zero-order valence-corrected chi connectivity index (χ0v) is 10.7. The van der Waals surface area contributed by atoms with E-state index < -0.39 is 0 Å². The largest absolute Gasteiger partial charge is 0.376 e. The molecule has 0 aliphatic carbocycles. The van der Waals surface area contributed by atoms with Crippen molar-refractivity contribution in [3.8, 4) is 0 Å². The van der Waals surface area contributed by atoms with Gasteiger partial charge in [-0.25, -0.2) is 4.98 Å². The van der Waals surface area contributed by atoms with Gasteiger partial charge in [0.05, 0.1) is 6.10 Å². The van der Waals surface area contributed by atoms with E-state index >= 15 is 0 Å². The first-order chi connectivity index (χ1) is 8.24. The van der Waals surface area contributed by atoms with Gasteiger partial charge >= 0.3 is 0 Å². The molecule has 0 spiro atoms. The Labute approximate surface area is 107 Å². The molecule has 0 saturated carbocycles. The minimum absolute atomic E-state index is 0.292. The molecule has 1 aliphatic heterocycles. The van der Waals surface area contributed by atoms with Gasteiger partial charge in [0.15, 0.2) is 5.11 Å². The predicted octanol–water partition coefficient (Wildman–Crippen LogP) is 1.86. The summed E-state index contributed by atoms with van der Waals surface area (Å²) in [6.45, 7) is 3.65. The molecule has 1 aliphatic rings. The van der Waals surface area contributed by atoms with Gasteiger partial charge in [-0.3, -0.25) is 0 Å². The van der Waals surface area contributed by atoms with Gasteiger partial charge < -0.3 is 15.4 Å². The molecule has 0 aromatic carbocycles. The van der Waals surface area contributed by atoms with Gasteiger partial charge in [0.2, 0.25) is 0 Å². The van der Waals surface area contributed by atoms with Gasteiger partial charge in [-0.2, -0.15) is 0 Å². The lowest BCUT2D eigenvalue weighted by Gasteiger charge is -2.13. The van der Waals surface area contributed by atoms with Crippen molar-refractivity contribution in [3.63, 3.8) is 0 Å². The molecule has 2 heterocycles. The Morgan fingerprint density at radius 3 is 3.24 bits per heavy atom. The van der Waals surface area contributed by atoms with Gasteiger partial charge in [0, 0.05) is 19.3 Å². The van der Waals surface area contributed by atoms with E-state index in [9.17, 15) is 0 Å². The average Bonchev–Trinajstić information content (AvgIpc) is 2.79. The molecule has 2 N–H and O–H groups in total. The summed E-state index contributed by atoms with van der Waals surface area (Å²) in [6.07, 6.45) is 4.31. The van der Waals surface area contributed by atoms with Crippen LogP contribution in [0.2, 0.25) is 0 Å². The fourth-order valence-electron chi connectivity index (χ4n) is 1.78. The number of thiocarbonyl (C=S) groups is 1. The second-order valence-electron chi connectivity index (χ2n) is 4.19. The number of nitrogens with zero attached hydrogens (tertiary/aromatic N) is 1. The van der Waals surface area contributed by atoms with E-state index in [1.165, 1.54) is 0 Å². The summed E-state index contributed by atoms with van der Waals surface area (Å²) >= 11 is 5.20. The van der Waals surface area contributed by atoms with Crippen LogP contribution in [0.1, 0.15) is 18.4 Å². The zero-order chi connectivity index (χ0) is 12.1. The highest BCUT2D eigenvalue weighted by atomic mass is 32.1. The minimum Gasteiger partial charge on any atom is -0.376 e. The molecule has 0 bridgehead atoms. The number of hydrogen-bond acceptors (Lipinski definition) is 3. The van der Waals surface area contributed by atoms with Crippen molar-refractivity contribution in [2.24, 2.45) is 0 Å². The molecule has 1 saturated heterocycles. The van der Waals surface area contributed by atoms with Gasteiger partial charge in [0.25, 0.3) is 0 Å². The van der Waals surface area contributed by atoms with E-state index in [2.05, 4.69) is 15.6 Å². The Morgan fingerprint density at radius 1 is 1.65 bits per heavy atom. The third kappa shape index (κ3) is 3.94. The van der Waals surface area contributed by atoms with E-state index in [0.29, 0.717) is 11.2 Å². The Morgan fingerprint density at radius 2 is 2.53 bits per heavy atom. The highest BCUT2D eigenvalue weighted by molar-refractivity contribution is 7.80. The third-order valence-corrected chi connectivity index (χ3v) is 2.92. The first-order valence-corrected chi connectivity index (χ1v) is 6.24. The summed E-state index contributed by atoms with van der Waals surface area (Å²) in [6, 6.07) is 3.91. The maximum absolute atomic E-state index is 5.51. The van der Waals surface area contributed by atoms with Crippen LogP contribution in [-0.4, -0.2) is 29.4 Å². The summed E-state index contributed by atoms with van der Waals surface area (Å²) < 4.78 is 5.51. The van der Waals surface area contributed by atoms with Crippen LogP contribution in [0.5, 0.6) is 0 Å². The molecular formula is C12H17N3OS. The van der Waals surface area contributed by atoms with Crippen LogP contribution in [0.3, 0.4) is 0 Å². The smallest absolute Gasteiger partial charge is 0.172 e. The van der Waals surface area contributed by atoms with Crippen molar-refractivity contribution in [2.45, 2.75) is 25.9 Å². The number of ether oxygens (including phenoxy) is 1. The maximum Gasteiger partial charge on any atom is 0.172 e. The molecular weight excluding hydrogens is 234 g/mol. The van der Waals surface area contributed by atoms with E-state index in [1.807, 2.05) is 19.1 Å². The monoisotopic (exact) mass is 251 g/mol. The van der Waals surface area contributed by atoms with Crippen LogP contribution < -0.4 is 10.6 Å². The summed E-state index contributed by atoms with van der Waals surface area (Å²) in [4.78, 5) is 4.19. The predicted molar refractivity (Wildman–Crippen MR) is 72.2 cm³/mol. The summed E-state index contributed by atoms with van der Waals surface area (Å²) in [5.41, 5.74) is 1.16. The van der Waals surface area contributed by atoms with Crippen LogP contribution in [0, 0.1) is 6.92 Å². The molecule has 1 aromatic heterocycles. The quantitative estimate of drug-likeness (QED) is 0.803. The van der Waals surface area contributed by atoms with E-state index in [0.717, 1.165) is 37.4 Å². The van der Waals surface area contributed by atoms with Gasteiger partial charge in [-0.15, -0.1) is 0 Å². The second kappa shape index (κ2) is 5.93. The van der Waals surface area contributed by atoms with Crippen molar-refractivity contribution >= 4 is 23.1 Å². The van der Waals surface area contributed by atoms with E-state index in [4.69, 9.17) is 17.0 Å². The zero-order valence-electron chi connectivity index (χ0n) is 9.90. The van der Waals surface area contributed by atoms with Crippen molar-refractivity contribution in [1.29, 1.82) is 0 Å². The minimum atomic E-state index is 0.292. The lowest BCUT2D eigenvalue weighted by atomic mass is 10.2. The first-order valence-electron chi connectivity index (χ1n) is 5.83. The fraction of sp³-hybridized carbons (Fsp3) is 0.500. The molecule has 2 rings (SSSR count). The number of hydrogen-bond donors (Lipinski definition) is 2. The average molecular weight is 251 g/mol. The molecule has 0 amide bonds. The number of anilines is 1. The van der Waals surface area contributed by atoms with Gasteiger partial charge in [-0.05, 0) is 49.7 Å². The number of rotatable bonds is 3. The Bertz CT molecular complexity index is 391. The van der Waals surface area contributed by atoms with Crippen molar-refractivity contribution in [1.82, 2.24) is 10.3 Å². The Hall–Kier alpha value is -1.20. The highest BCUT2D eigenvalue weighted by Gasteiger charge is 2.15. The van der Waals surface area contributed by atoms with E-state index in [1.54, 1.807) is 6.20 Å². The SMILES string of the molecule is Cc1ccnc(NC(=S)NC[C@H]2CCCO2)c1. The second-order valence-corrected chi connectivity index (χ2v) is 4.60. The Kier molecular flexibility index (Phi) is 4.28. The normalized spacial score (nSPS) is 19.0. The topological polar surface area (TPSA) is 46.2 Å². The Balaban J connectivity index is 1.76. The number of nitrogens with one attached hydrogen (secondary N) is 2. The molecule has 4 nitrogen and oxygen atoms in total. The molecule has 0 radical (unpaired) electrons.